The molecule has 5 heteroatoms. The number of likely N-dealkylation sites (tertiary alicyclic amines) is 1. The third kappa shape index (κ3) is 2.10. The van der Waals surface area contributed by atoms with Crippen molar-refractivity contribution in [2.24, 2.45) is 5.41 Å². The molecule has 1 unspecified atom stereocenters. The molecule has 1 fully saturated rings. The summed E-state index contributed by atoms with van der Waals surface area (Å²) < 4.78 is 0. The minimum atomic E-state index is -1.24. The van der Waals surface area contributed by atoms with E-state index in [9.17, 15) is 14.4 Å². The number of terminal acetylenes is 1. The lowest BCUT2D eigenvalue weighted by atomic mass is 9.81. The van der Waals surface area contributed by atoms with Crippen LogP contribution in [0.5, 0.6) is 0 Å². The van der Waals surface area contributed by atoms with Gasteiger partial charge in [-0.25, -0.2) is 4.79 Å². The molecular weight excluding hydrogens is 234 g/mol. The molecule has 1 atom stereocenters. The van der Waals surface area contributed by atoms with Crippen molar-refractivity contribution in [3.05, 3.63) is 0 Å². The van der Waals surface area contributed by atoms with Crippen LogP contribution in [-0.4, -0.2) is 33.8 Å². The Morgan fingerprint density at radius 1 is 1.50 bits per heavy atom. The predicted molar refractivity (Wildman–Crippen MR) is 64.4 cm³/mol. The average Bonchev–Trinajstić information content (AvgIpc) is 2.58. The highest BCUT2D eigenvalue weighted by Gasteiger charge is 2.52. The Bertz CT molecular complexity index is 417. The lowest BCUT2D eigenvalue weighted by Gasteiger charge is -2.26. The number of rotatable bonds is 5. The van der Waals surface area contributed by atoms with Crippen molar-refractivity contribution in [2.45, 2.75) is 45.6 Å². The van der Waals surface area contributed by atoms with Crippen LogP contribution in [0.25, 0.3) is 0 Å². The fourth-order valence-electron chi connectivity index (χ4n) is 2.34. The van der Waals surface area contributed by atoms with Gasteiger partial charge in [0.15, 0.2) is 0 Å². The van der Waals surface area contributed by atoms with E-state index < -0.39 is 29.2 Å². The predicted octanol–water partition coefficient (Wildman–Crippen LogP) is 1.03. The fraction of sp³-hybridized carbons (Fsp3) is 0.615. The summed E-state index contributed by atoms with van der Waals surface area (Å²) in [6, 6.07) is -1.24. The summed E-state index contributed by atoms with van der Waals surface area (Å²) in [7, 11) is 0. The highest BCUT2D eigenvalue weighted by molar-refractivity contribution is 6.08. The number of nitrogens with zero attached hydrogens (tertiary/aromatic N) is 1. The average molecular weight is 251 g/mol. The van der Waals surface area contributed by atoms with Gasteiger partial charge in [-0.15, -0.1) is 12.3 Å². The van der Waals surface area contributed by atoms with Gasteiger partial charge in [-0.2, -0.15) is 0 Å². The second-order valence-corrected chi connectivity index (χ2v) is 4.50. The molecular formula is C13H17NO4. The van der Waals surface area contributed by atoms with E-state index in [-0.39, 0.29) is 12.8 Å². The summed E-state index contributed by atoms with van der Waals surface area (Å²) in [4.78, 5) is 36.2. The molecule has 0 radical (unpaired) electrons. The first-order chi connectivity index (χ1) is 8.43. The van der Waals surface area contributed by atoms with Crippen LogP contribution in [-0.2, 0) is 14.4 Å². The van der Waals surface area contributed by atoms with Crippen molar-refractivity contribution >= 4 is 17.8 Å². The van der Waals surface area contributed by atoms with Gasteiger partial charge in [0.1, 0.15) is 6.04 Å². The first kappa shape index (κ1) is 14.2. The largest absolute Gasteiger partial charge is 0.480 e. The Hall–Kier alpha value is -1.83. The van der Waals surface area contributed by atoms with Crippen molar-refractivity contribution in [1.82, 2.24) is 4.90 Å². The topological polar surface area (TPSA) is 74.7 Å². The second kappa shape index (κ2) is 5.21. The number of aliphatic carboxylic acids is 1. The molecule has 0 aromatic carbocycles. The zero-order chi connectivity index (χ0) is 13.9. The zero-order valence-corrected chi connectivity index (χ0v) is 10.6. The van der Waals surface area contributed by atoms with Crippen LogP contribution < -0.4 is 0 Å². The number of hydrogen-bond acceptors (Lipinski definition) is 3. The Balaban J connectivity index is 3.11. The number of carbonyl (C=O) groups is 3. The minimum Gasteiger partial charge on any atom is -0.480 e. The number of carboxylic acid groups (broad SMARTS) is 1. The van der Waals surface area contributed by atoms with E-state index in [1.807, 2.05) is 13.8 Å². The van der Waals surface area contributed by atoms with Gasteiger partial charge in [0.25, 0.3) is 0 Å². The van der Waals surface area contributed by atoms with Crippen LogP contribution in [0, 0.1) is 17.8 Å². The minimum absolute atomic E-state index is 0.0766. The summed E-state index contributed by atoms with van der Waals surface area (Å²) in [5, 5.41) is 9.07. The molecule has 1 N–H and O–H groups in total. The van der Waals surface area contributed by atoms with Crippen LogP contribution in [0.4, 0.5) is 0 Å². The van der Waals surface area contributed by atoms with Crippen LogP contribution in [0.3, 0.4) is 0 Å². The molecule has 0 spiro atoms. The molecule has 0 aromatic heterocycles. The van der Waals surface area contributed by atoms with Gasteiger partial charge in [0, 0.05) is 12.8 Å². The molecule has 0 saturated carbocycles. The normalized spacial score (nSPS) is 19.7. The van der Waals surface area contributed by atoms with E-state index in [1.165, 1.54) is 0 Å². The van der Waals surface area contributed by atoms with Gasteiger partial charge in [0.2, 0.25) is 11.8 Å². The summed E-state index contributed by atoms with van der Waals surface area (Å²) in [5.41, 5.74) is -0.751. The molecule has 1 rings (SSSR count). The molecule has 18 heavy (non-hydrogen) atoms. The van der Waals surface area contributed by atoms with Crippen molar-refractivity contribution in [3.63, 3.8) is 0 Å². The molecule has 1 aliphatic heterocycles. The van der Waals surface area contributed by atoms with Crippen LogP contribution in [0.2, 0.25) is 0 Å². The van der Waals surface area contributed by atoms with Gasteiger partial charge in [-0.1, -0.05) is 13.8 Å². The molecule has 1 aliphatic rings. The number of hydrogen-bond donors (Lipinski definition) is 1. The van der Waals surface area contributed by atoms with Gasteiger partial charge < -0.3 is 5.11 Å². The van der Waals surface area contributed by atoms with E-state index in [1.54, 1.807) is 0 Å². The lowest BCUT2D eigenvalue weighted by molar-refractivity contribution is -0.155. The monoisotopic (exact) mass is 251 g/mol. The summed E-state index contributed by atoms with van der Waals surface area (Å²) >= 11 is 0. The maximum atomic E-state index is 12.3. The van der Waals surface area contributed by atoms with Gasteiger partial charge in [-0.05, 0) is 12.8 Å². The number of carbonyl (C=O) groups excluding carboxylic acids is 2. The van der Waals surface area contributed by atoms with Crippen molar-refractivity contribution in [3.8, 4) is 12.3 Å². The van der Waals surface area contributed by atoms with Gasteiger partial charge >= 0.3 is 5.97 Å². The number of amides is 2. The highest BCUT2D eigenvalue weighted by Crippen LogP contribution is 2.40. The quantitative estimate of drug-likeness (QED) is 0.585. The van der Waals surface area contributed by atoms with E-state index in [0.29, 0.717) is 12.8 Å². The Labute approximate surface area is 106 Å². The molecule has 0 aliphatic carbocycles. The standard InChI is InChI=1S/C13H17NO4/c1-4-7-9(11(16)17)14-10(15)8-13(5-2,6-3)12(14)18/h1,9H,5-8H2,2-3H3,(H,16,17). The molecule has 98 valence electrons. The van der Waals surface area contributed by atoms with Crippen LogP contribution in [0.1, 0.15) is 39.5 Å². The van der Waals surface area contributed by atoms with Gasteiger partial charge in [0.05, 0.1) is 5.41 Å². The third-order valence-corrected chi connectivity index (χ3v) is 3.69. The molecule has 0 bridgehead atoms. The van der Waals surface area contributed by atoms with E-state index in [2.05, 4.69) is 5.92 Å². The van der Waals surface area contributed by atoms with Crippen LogP contribution >= 0.6 is 0 Å². The summed E-state index contributed by atoms with van der Waals surface area (Å²) in [6.45, 7) is 3.66. The van der Waals surface area contributed by atoms with E-state index >= 15 is 0 Å². The fourth-order valence-corrected chi connectivity index (χ4v) is 2.34. The Morgan fingerprint density at radius 2 is 2.06 bits per heavy atom. The van der Waals surface area contributed by atoms with Crippen molar-refractivity contribution in [1.29, 1.82) is 0 Å². The Kier molecular flexibility index (Phi) is 4.12. The third-order valence-electron chi connectivity index (χ3n) is 3.69. The van der Waals surface area contributed by atoms with E-state index in [0.717, 1.165) is 4.90 Å². The first-order valence-electron chi connectivity index (χ1n) is 5.96. The number of imide groups is 1. The molecule has 1 saturated heterocycles. The highest BCUT2D eigenvalue weighted by atomic mass is 16.4. The molecule has 5 nitrogen and oxygen atoms in total. The summed E-state index contributed by atoms with van der Waals surface area (Å²) in [6.07, 6.45) is 6.06. The maximum Gasteiger partial charge on any atom is 0.327 e. The van der Waals surface area contributed by atoms with Crippen molar-refractivity contribution in [2.75, 3.05) is 0 Å². The Morgan fingerprint density at radius 3 is 2.39 bits per heavy atom. The second-order valence-electron chi connectivity index (χ2n) is 4.50. The van der Waals surface area contributed by atoms with E-state index in [4.69, 9.17) is 11.5 Å². The first-order valence-corrected chi connectivity index (χ1v) is 5.96. The van der Waals surface area contributed by atoms with Crippen LogP contribution in [0.15, 0.2) is 0 Å². The molecule has 0 aromatic rings. The maximum absolute atomic E-state index is 12.3. The summed E-state index contributed by atoms with van der Waals surface area (Å²) in [5.74, 6) is 0.124. The van der Waals surface area contributed by atoms with Crippen molar-refractivity contribution < 1.29 is 19.5 Å². The lowest BCUT2D eigenvalue weighted by Crippen LogP contribution is -2.46. The SMILES string of the molecule is C#CCC(C(=O)O)N1C(=O)CC(CC)(CC)C1=O. The molecule has 2 amide bonds. The zero-order valence-electron chi connectivity index (χ0n) is 10.6. The number of carboxylic acids is 1. The molecule has 1 heterocycles. The van der Waals surface area contributed by atoms with Gasteiger partial charge in [-0.3, -0.25) is 14.5 Å². The smallest absolute Gasteiger partial charge is 0.327 e.